The first-order chi connectivity index (χ1) is 15.4. The van der Waals surface area contributed by atoms with Gasteiger partial charge in [0.25, 0.3) is 5.91 Å². The molecule has 3 rings (SSSR count). The van der Waals surface area contributed by atoms with Crippen LogP contribution in [0.3, 0.4) is 0 Å². The Balaban J connectivity index is 1.73. The van der Waals surface area contributed by atoms with E-state index in [0.717, 1.165) is 17.1 Å². The molecule has 172 valence electrons. The van der Waals surface area contributed by atoms with Gasteiger partial charge in [-0.25, -0.2) is 8.42 Å². The molecule has 1 aliphatic heterocycles. The molecule has 1 aliphatic rings. The normalized spacial score (nSPS) is 14.7. The van der Waals surface area contributed by atoms with E-state index in [4.69, 9.17) is 4.74 Å². The average Bonchev–Trinajstić information content (AvgIpc) is 2.81. The van der Waals surface area contributed by atoms with Gasteiger partial charge >= 0.3 is 0 Å². The second-order valence-electron chi connectivity index (χ2n) is 7.59. The predicted octanol–water partition coefficient (Wildman–Crippen LogP) is 1.53. The Morgan fingerprint density at radius 2 is 1.91 bits per heavy atom. The van der Waals surface area contributed by atoms with Crippen LogP contribution in [0.4, 0.5) is 0 Å². The number of nitrogens with one attached hydrogen (secondary N) is 1. The fourth-order valence-corrected chi connectivity index (χ4v) is 5.02. The van der Waals surface area contributed by atoms with Crippen molar-refractivity contribution in [1.82, 2.24) is 14.5 Å². The molecular weight excluding hydrogens is 430 g/mol. The molecule has 0 bridgehead atoms. The third-order valence-corrected chi connectivity index (χ3v) is 7.15. The second-order valence-corrected chi connectivity index (χ2v) is 9.53. The standard InChI is InChI=1S/C23H29N3O5S/c1-31-16-15-25(13-6-9-19-7-3-2-4-8-19)23(28)20-10-5-11-21(17-20)32(29,30)26-14-12-24-22(27)18-26/h2-5,7-8,10-11,17H,6,9,12-16,18H2,1H3,(H,24,27). The molecule has 0 aromatic heterocycles. The molecule has 1 N–H and O–H groups in total. The average molecular weight is 460 g/mol. The molecule has 1 heterocycles. The highest BCUT2D eigenvalue weighted by molar-refractivity contribution is 7.89. The Morgan fingerprint density at radius 1 is 1.12 bits per heavy atom. The van der Waals surface area contributed by atoms with E-state index in [-0.39, 0.29) is 36.3 Å². The third kappa shape index (κ3) is 6.15. The number of amides is 2. The number of sulfonamides is 1. The minimum atomic E-state index is -3.87. The van der Waals surface area contributed by atoms with Gasteiger partial charge in [0.05, 0.1) is 18.0 Å². The topological polar surface area (TPSA) is 96.0 Å². The zero-order valence-electron chi connectivity index (χ0n) is 18.2. The second kappa shape index (κ2) is 11.2. The molecule has 0 aliphatic carbocycles. The largest absolute Gasteiger partial charge is 0.383 e. The molecule has 2 aromatic rings. The van der Waals surface area contributed by atoms with Crippen LogP contribution in [0, 0.1) is 0 Å². The van der Waals surface area contributed by atoms with Crippen molar-refractivity contribution in [2.45, 2.75) is 17.7 Å². The quantitative estimate of drug-likeness (QED) is 0.581. The van der Waals surface area contributed by atoms with E-state index < -0.39 is 10.0 Å². The first-order valence-electron chi connectivity index (χ1n) is 10.6. The fourth-order valence-electron chi connectivity index (χ4n) is 3.58. The van der Waals surface area contributed by atoms with E-state index in [0.29, 0.717) is 25.3 Å². The van der Waals surface area contributed by atoms with Crippen molar-refractivity contribution in [3.8, 4) is 0 Å². The van der Waals surface area contributed by atoms with Gasteiger partial charge < -0.3 is 15.0 Å². The Hall–Kier alpha value is -2.75. The lowest BCUT2D eigenvalue weighted by atomic mass is 10.1. The maximum atomic E-state index is 13.2. The molecule has 0 radical (unpaired) electrons. The molecule has 1 saturated heterocycles. The minimum Gasteiger partial charge on any atom is -0.383 e. The molecule has 0 saturated carbocycles. The van der Waals surface area contributed by atoms with Gasteiger partial charge in [-0.15, -0.1) is 0 Å². The summed E-state index contributed by atoms with van der Waals surface area (Å²) in [4.78, 5) is 26.5. The Bertz CT molecular complexity index is 1030. The Morgan fingerprint density at radius 3 is 2.62 bits per heavy atom. The fraction of sp³-hybridized carbons (Fsp3) is 0.391. The number of ether oxygens (including phenoxy) is 1. The van der Waals surface area contributed by atoms with E-state index in [1.807, 2.05) is 18.2 Å². The van der Waals surface area contributed by atoms with E-state index in [1.165, 1.54) is 17.7 Å². The van der Waals surface area contributed by atoms with Crippen molar-refractivity contribution in [3.05, 3.63) is 65.7 Å². The number of nitrogens with zero attached hydrogens (tertiary/aromatic N) is 2. The summed E-state index contributed by atoms with van der Waals surface area (Å²) in [5.41, 5.74) is 1.49. The SMILES string of the molecule is COCCN(CCCc1ccccc1)C(=O)c1cccc(S(=O)(=O)N2CCNC(=O)C2)c1. The summed E-state index contributed by atoms with van der Waals surface area (Å²) in [6, 6.07) is 16.1. The number of hydrogen-bond acceptors (Lipinski definition) is 5. The van der Waals surface area contributed by atoms with Crippen LogP contribution < -0.4 is 5.32 Å². The molecule has 0 spiro atoms. The summed E-state index contributed by atoms with van der Waals surface area (Å²) >= 11 is 0. The van der Waals surface area contributed by atoms with E-state index in [9.17, 15) is 18.0 Å². The van der Waals surface area contributed by atoms with Crippen molar-refractivity contribution in [1.29, 1.82) is 0 Å². The van der Waals surface area contributed by atoms with Crippen LogP contribution in [-0.2, 0) is 26.0 Å². The third-order valence-electron chi connectivity index (χ3n) is 5.31. The first-order valence-corrected chi connectivity index (χ1v) is 12.0. The van der Waals surface area contributed by atoms with Crippen molar-refractivity contribution in [3.63, 3.8) is 0 Å². The number of methoxy groups -OCH3 is 1. The monoisotopic (exact) mass is 459 g/mol. The highest BCUT2D eigenvalue weighted by atomic mass is 32.2. The van der Waals surface area contributed by atoms with Crippen molar-refractivity contribution in [2.75, 3.05) is 46.4 Å². The predicted molar refractivity (Wildman–Crippen MR) is 121 cm³/mol. The number of carbonyl (C=O) groups excluding carboxylic acids is 2. The minimum absolute atomic E-state index is 0.00836. The maximum Gasteiger partial charge on any atom is 0.253 e. The molecule has 0 unspecified atom stereocenters. The summed E-state index contributed by atoms with van der Waals surface area (Å²) in [5, 5.41) is 2.61. The van der Waals surface area contributed by atoms with Gasteiger partial charge in [-0.2, -0.15) is 4.31 Å². The Kier molecular flexibility index (Phi) is 8.38. The number of hydrogen-bond donors (Lipinski definition) is 1. The first kappa shape index (κ1) is 23.9. The van der Waals surface area contributed by atoms with Crippen molar-refractivity contribution >= 4 is 21.8 Å². The van der Waals surface area contributed by atoms with Gasteiger partial charge in [-0.3, -0.25) is 9.59 Å². The Labute approximate surface area is 189 Å². The van der Waals surface area contributed by atoms with Crippen molar-refractivity contribution in [2.24, 2.45) is 0 Å². The number of benzene rings is 2. The number of rotatable bonds is 10. The summed E-state index contributed by atoms with van der Waals surface area (Å²) in [5.74, 6) is -0.584. The zero-order chi connectivity index (χ0) is 23.0. The summed E-state index contributed by atoms with van der Waals surface area (Å²) < 4.78 is 32.3. The summed E-state index contributed by atoms with van der Waals surface area (Å²) in [7, 11) is -2.29. The van der Waals surface area contributed by atoms with Gasteiger partial charge in [0.15, 0.2) is 0 Å². The maximum absolute atomic E-state index is 13.2. The molecule has 1 fully saturated rings. The number of aryl methyl sites for hydroxylation is 1. The van der Waals surface area contributed by atoms with Gasteiger partial charge in [0, 0.05) is 38.9 Å². The van der Waals surface area contributed by atoms with Crippen LogP contribution in [0.2, 0.25) is 0 Å². The van der Waals surface area contributed by atoms with Crippen molar-refractivity contribution < 1.29 is 22.7 Å². The molecule has 2 aromatic carbocycles. The van der Waals surface area contributed by atoms with Crippen LogP contribution >= 0.6 is 0 Å². The zero-order valence-corrected chi connectivity index (χ0v) is 19.0. The summed E-state index contributed by atoms with van der Waals surface area (Å²) in [6.45, 7) is 1.57. The van der Waals surface area contributed by atoms with Crippen LogP contribution in [0.5, 0.6) is 0 Å². The molecule has 9 heteroatoms. The highest BCUT2D eigenvalue weighted by Crippen LogP contribution is 2.19. The molecular formula is C23H29N3O5S. The van der Waals surface area contributed by atoms with Gasteiger partial charge in [0.2, 0.25) is 15.9 Å². The lowest BCUT2D eigenvalue weighted by molar-refractivity contribution is -0.122. The van der Waals surface area contributed by atoms with E-state index >= 15 is 0 Å². The van der Waals surface area contributed by atoms with Gasteiger partial charge in [-0.1, -0.05) is 36.4 Å². The van der Waals surface area contributed by atoms with E-state index in [1.54, 1.807) is 24.1 Å². The molecule has 0 atom stereocenters. The molecule has 8 nitrogen and oxygen atoms in total. The van der Waals surface area contributed by atoms with E-state index in [2.05, 4.69) is 17.4 Å². The lowest BCUT2D eigenvalue weighted by Crippen LogP contribution is -2.49. The van der Waals surface area contributed by atoms with Crippen LogP contribution in [0.15, 0.2) is 59.5 Å². The number of piperazine rings is 1. The van der Waals surface area contributed by atoms with Crippen LogP contribution in [0.25, 0.3) is 0 Å². The van der Waals surface area contributed by atoms with Crippen LogP contribution in [0.1, 0.15) is 22.3 Å². The lowest BCUT2D eigenvalue weighted by Gasteiger charge is -2.26. The van der Waals surface area contributed by atoms with Gasteiger partial charge in [-0.05, 0) is 36.6 Å². The number of carbonyl (C=O) groups is 2. The highest BCUT2D eigenvalue weighted by Gasteiger charge is 2.30. The summed E-state index contributed by atoms with van der Waals surface area (Å²) in [6.07, 6.45) is 1.61. The van der Waals surface area contributed by atoms with Crippen LogP contribution in [-0.4, -0.2) is 75.9 Å². The van der Waals surface area contributed by atoms with Gasteiger partial charge in [0.1, 0.15) is 0 Å². The molecule has 32 heavy (non-hydrogen) atoms. The molecule has 2 amide bonds. The smallest absolute Gasteiger partial charge is 0.253 e.